The molecule has 0 radical (unpaired) electrons. The van der Waals surface area contributed by atoms with Gasteiger partial charge in [0, 0.05) is 12.6 Å². The molecule has 1 aliphatic rings. The zero-order valence-corrected chi connectivity index (χ0v) is 13.5. The number of hydrogen-bond donors (Lipinski definition) is 3. The first-order chi connectivity index (χ1) is 9.92. The van der Waals surface area contributed by atoms with E-state index < -0.39 is 10.0 Å². The average Bonchev–Trinajstić information content (AvgIpc) is 2.43. The van der Waals surface area contributed by atoms with E-state index in [0.717, 1.165) is 18.8 Å². The van der Waals surface area contributed by atoms with Crippen molar-refractivity contribution in [2.75, 3.05) is 17.6 Å². The summed E-state index contributed by atoms with van der Waals surface area (Å²) in [6.07, 6.45) is 4.61. The summed E-state index contributed by atoms with van der Waals surface area (Å²) in [6, 6.07) is 5.20. The molecule has 1 aromatic carbocycles. The fourth-order valence-corrected chi connectivity index (χ4v) is 3.79. The summed E-state index contributed by atoms with van der Waals surface area (Å²) in [6.45, 7) is 4.40. The second-order valence-electron chi connectivity index (χ2n) is 5.85. The molecule has 1 saturated carbocycles. The van der Waals surface area contributed by atoms with Gasteiger partial charge in [-0.05, 0) is 49.8 Å². The van der Waals surface area contributed by atoms with Crippen LogP contribution in [0.25, 0.3) is 0 Å². The third kappa shape index (κ3) is 4.11. The topological polar surface area (TPSA) is 84.2 Å². The van der Waals surface area contributed by atoms with Crippen LogP contribution in [0, 0.1) is 5.92 Å². The Labute approximate surface area is 127 Å². The summed E-state index contributed by atoms with van der Waals surface area (Å²) in [4.78, 5) is 0.255. The Kier molecular flexibility index (Phi) is 5.11. The molecule has 5 nitrogen and oxygen atoms in total. The van der Waals surface area contributed by atoms with E-state index >= 15 is 0 Å². The summed E-state index contributed by atoms with van der Waals surface area (Å²) in [5, 5.41) is 3.41. The molecular formula is C15H25N3O2S. The van der Waals surface area contributed by atoms with Crippen LogP contribution in [-0.4, -0.2) is 21.0 Å². The van der Waals surface area contributed by atoms with Crippen molar-refractivity contribution >= 4 is 21.4 Å². The lowest BCUT2D eigenvalue weighted by Crippen LogP contribution is -2.26. The molecule has 0 unspecified atom stereocenters. The van der Waals surface area contributed by atoms with E-state index in [9.17, 15) is 8.42 Å². The molecule has 6 heteroatoms. The Hall–Kier alpha value is -1.27. The van der Waals surface area contributed by atoms with Gasteiger partial charge >= 0.3 is 0 Å². The molecular weight excluding hydrogens is 286 g/mol. The monoisotopic (exact) mass is 311 g/mol. The SMILES string of the molecule is CCNS(=O)(=O)c1ccc(N)c(NC2CCC(C)CC2)c1. The van der Waals surface area contributed by atoms with Crippen molar-refractivity contribution in [3.63, 3.8) is 0 Å². The maximum absolute atomic E-state index is 12.1. The predicted molar refractivity (Wildman–Crippen MR) is 86.8 cm³/mol. The van der Waals surface area contributed by atoms with Crippen LogP contribution < -0.4 is 15.8 Å². The summed E-state index contributed by atoms with van der Waals surface area (Å²) in [5.74, 6) is 0.779. The van der Waals surface area contributed by atoms with Gasteiger partial charge in [0.2, 0.25) is 10.0 Å². The van der Waals surface area contributed by atoms with Gasteiger partial charge in [0.25, 0.3) is 0 Å². The Morgan fingerprint density at radius 1 is 1.24 bits per heavy atom. The Balaban J connectivity index is 2.16. The zero-order valence-electron chi connectivity index (χ0n) is 12.7. The number of sulfonamides is 1. The molecule has 1 fully saturated rings. The number of hydrogen-bond acceptors (Lipinski definition) is 4. The average molecular weight is 311 g/mol. The van der Waals surface area contributed by atoms with Crippen LogP contribution in [-0.2, 0) is 10.0 Å². The van der Waals surface area contributed by atoms with Crippen molar-refractivity contribution in [3.8, 4) is 0 Å². The van der Waals surface area contributed by atoms with Gasteiger partial charge in [-0.3, -0.25) is 0 Å². The molecule has 0 spiro atoms. The van der Waals surface area contributed by atoms with Crippen molar-refractivity contribution < 1.29 is 8.42 Å². The molecule has 0 bridgehead atoms. The van der Waals surface area contributed by atoms with Crippen LogP contribution in [0.4, 0.5) is 11.4 Å². The summed E-state index contributed by atoms with van der Waals surface area (Å²) in [5.41, 5.74) is 7.28. The standard InChI is InChI=1S/C15H25N3O2S/c1-3-17-21(19,20)13-8-9-14(16)15(10-13)18-12-6-4-11(2)5-7-12/h8-12,17-18H,3-7,16H2,1-2H3. The van der Waals surface area contributed by atoms with E-state index in [-0.39, 0.29) is 4.90 Å². The van der Waals surface area contributed by atoms with E-state index in [2.05, 4.69) is 17.0 Å². The number of anilines is 2. The quantitative estimate of drug-likeness (QED) is 0.730. The highest BCUT2D eigenvalue weighted by Gasteiger charge is 2.20. The smallest absolute Gasteiger partial charge is 0.240 e. The maximum atomic E-state index is 12.1. The Morgan fingerprint density at radius 2 is 1.90 bits per heavy atom. The lowest BCUT2D eigenvalue weighted by Gasteiger charge is -2.28. The maximum Gasteiger partial charge on any atom is 0.240 e. The Bertz CT molecular complexity index is 579. The minimum Gasteiger partial charge on any atom is -0.397 e. The molecule has 0 atom stereocenters. The van der Waals surface area contributed by atoms with Crippen LogP contribution in [0.2, 0.25) is 0 Å². The summed E-state index contributed by atoms with van der Waals surface area (Å²) < 4.78 is 26.6. The number of nitrogen functional groups attached to an aromatic ring is 1. The number of nitrogens with one attached hydrogen (secondary N) is 2. The highest BCUT2D eigenvalue weighted by atomic mass is 32.2. The second-order valence-corrected chi connectivity index (χ2v) is 7.62. The minimum atomic E-state index is -3.44. The van der Waals surface area contributed by atoms with E-state index in [1.807, 2.05) is 0 Å². The van der Waals surface area contributed by atoms with Gasteiger partial charge in [-0.25, -0.2) is 13.1 Å². The van der Waals surface area contributed by atoms with Crippen molar-refractivity contribution in [2.24, 2.45) is 5.92 Å². The van der Waals surface area contributed by atoms with E-state index in [1.165, 1.54) is 12.8 Å². The fraction of sp³-hybridized carbons (Fsp3) is 0.600. The molecule has 118 valence electrons. The molecule has 2 rings (SSSR count). The Morgan fingerprint density at radius 3 is 2.52 bits per heavy atom. The largest absolute Gasteiger partial charge is 0.397 e. The van der Waals surface area contributed by atoms with Crippen LogP contribution in [0.1, 0.15) is 39.5 Å². The number of benzene rings is 1. The van der Waals surface area contributed by atoms with E-state index in [4.69, 9.17) is 5.73 Å². The molecule has 0 saturated heterocycles. The van der Waals surface area contributed by atoms with Gasteiger partial charge in [0.1, 0.15) is 0 Å². The van der Waals surface area contributed by atoms with Gasteiger partial charge in [-0.15, -0.1) is 0 Å². The fourth-order valence-electron chi connectivity index (χ4n) is 2.73. The molecule has 1 aromatic rings. The lowest BCUT2D eigenvalue weighted by molar-refractivity contribution is 0.361. The van der Waals surface area contributed by atoms with Gasteiger partial charge in [-0.2, -0.15) is 0 Å². The van der Waals surface area contributed by atoms with Crippen LogP contribution in [0.15, 0.2) is 23.1 Å². The van der Waals surface area contributed by atoms with Crippen molar-refractivity contribution in [3.05, 3.63) is 18.2 Å². The van der Waals surface area contributed by atoms with Gasteiger partial charge in [0.05, 0.1) is 16.3 Å². The molecule has 21 heavy (non-hydrogen) atoms. The van der Waals surface area contributed by atoms with Crippen molar-refractivity contribution in [1.82, 2.24) is 4.72 Å². The van der Waals surface area contributed by atoms with Crippen molar-refractivity contribution in [1.29, 1.82) is 0 Å². The third-order valence-electron chi connectivity index (χ3n) is 4.04. The van der Waals surface area contributed by atoms with Crippen LogP contribution >= 0.6 is 0 Å². The van der Waals surface area contributed by atoms with Crippen LogP contribution in [0.5, 0.6) is 0 Å². The number of rotatable bonds is 5. The van der Waals surface area contributed by atoms with E-state index in [0.29, 0.717) is 24.0 Å². The van der Waals surface area contributed by atoms with Crippen molar-refractivity contribution in [2.45, 2.75) is 50.5 Å². The molecule has 4 N–H and O–H groups in total. The molecule has 0 aromatic heterocycles. The van der Waals surface area contributed by atoms with Gasteiger partial charge in [-0.1, -0.05) is 13.8 Å². The highest BCUT2D eigenvalue weighted by Crippen LogP contribution is 2.29. The zero-order chi connectivity index (χ0) is 15.5. The van der Waals surface area contributed by atoms with Gasteiger partial charge in [0.15, 0.2) is 0 Å². The van der Waals surface area contributed by atoms with E-state index in [1.54, 1.807) is 25.1 Å². The molecule has 0 amide bonds. The molecule has 0 aliphatic heterocycles. The predicted octanol–water partition coefficient (Wildman–Crippen LogP) is 2.56. The summed E-state index contributed by atoms with van der Waals surface area (Å²) >= 11 is 0. The molecule has 1 aliphatic carbocycles. The van der Waals surface area contributed by atoms with Gasteiger partial charge < -0.3 is 11.1 Å². The highest BCUT2D eigenvalue weighted by molar-refractivity contribution is 7.89. The normalized spacial score (nSPS) is 23.0. The first-order valence-electron chi connectivity index (χ1n) is 7.58. The minimum absolute atomic E-state index is 0.255. The lowest BCUT2D eigenvalue weighted by atomic mass is 9.87. The van der Waals surface area contributed by atoms with Crippen LogP contribution in [0.3, 0.4) is 0 Å². The summed E-state index contributed by atoms with van der Waals surface area (Å²) in [7, 11) is -3.44. The third-order valence-corrected chi connectivity index (χ3v) is 5.59. The molecule has 0 heterocycles. The first-order valence-corrected chi connectivity index (χ1v) is 9.06. The second kappa shape index (κ2) is 6.66. The number of nitrogens with two attached hydrogens (primary N) is 1. The first kappa shape index (κ1) is 16.1.